The van der Waals surface area contributed by atoms with Gasteiger partial charge in [-0.2, -0.15) is 0 Å². The number of nitrogens with one attached hydrogen (secondary N) is 1. The lowest BCUT2D eigenvalue weighted by Gasteiger charge is -2.08. The van der Waals surface area contributed by atoms with Crippen molar-refractivity contribution in [1.29, 1.82) is 5.41 Å². The molecule has 0 saturated carbocycles. The minimum absolute atomic E-state index is 0.213. The third-order valence-electron chi connectivity index (χ3n) is 3.28. The van der Waals surface area contributed by atoms with E-state index < -0.39 is 0 Å². The second-order valence-corrected chi connectivity index (χ2v) is 4.66. The molecule has 1 N–H and O–H groups in total. The zero-order valence-corrected chi connectivity index (χ0v) is 10.3. The van der Waals surface area contributed by atoms with Gasteiger partial charge in [0, 0.05) is 23.1 Å². The quantitative estimate of drug-likeness (QED) is 0.797. The highest BCUT2D eigenvalue weighted by atomic mass is 16.5. The van der Waals surface area contributed by atoms with E-state index in [1.807, 2.05) is 48.5 Å². The summed E-state index contributed by atoms with van der Waals surface area (Å²) in [6.45, 7) is 2.07. The highest BCUT2D eigenvalue weighted by molar-refractivity contribution is 6.12. The summed E-state index contributed by atoms with van der Waals surface area (Å²) in [5, 5.41) is 8.35. The average molecular weight is 237 g/mol. The maximum absolute atomic E-state index is 8.35. The predicted molar refractivity (Wildman–Crippen MR) is 72.6 cm³/mol. The third-order valence-corrected chi connectivity index (χ3v) is 3.28. The molecule has 0 bridgehead atoms. The first-order chi connectivity index (χ1) is 8.75. The number of hydrogen-bond acceptors (Lipinski definition) is 2. The first-order valence-corrected chi connectivity index (χ1v) is 6.18. The van der Waals surface area contributed by atoms with Crippen LogP contribution in [0.2, 0.25) is 0 Å². The first-order valence-electron chi connectivity index (χ1n) is 6.18. The van der Waals surface area contributed by atoms with Crippen LogP contribution >= 0.6 is 0 Å². The molecule has 1 aliphatic rings. The van der Waals surface area contributed by atoms with Crippen LogP contribution in [0.3, 0.4) is 0 Å². The fourth-order valence-corrected chi connectivity index (χ4v) is 2.43. The maximum atomic E-state index is 8.35. The number of fused-ring (bicyclic) bond motifs is 1. The zero-order valence-electron chi connectivity index (χ0n) is 10.3. The van der Waals surface area contributed by atoms with Crippen molar-refractivity contribution < 1.29 is 4.74 Å². The van der Waals surface area contributed by atoms with Crippen LogP contribution in [0.25, 0.3) is 0 Å². The van der Waals surface area contributed by atoms with Crippen LogP contribution in [0, 0.1) is 5.41 Å². The molecule has 2 aromatic carbocycles. The maximum Gasteiger partial charge on any atom is 0.123 e. The first kappa shape index (κ1) is 11.0. The molecule has 0 radical (unpaired) electrons. The van der Waals surface area contributed by atoms with Crippen molar-refractivity contribution in [2.45, 2.75) is 19.4 Å². The molecule has 0 aliphatic carbocycles. The van der Waals surface area contributed by atoms with E-state index in [9.17, 15) is 0 Å². The van der Waals surface area contributed by atoms with Crippen molar-refractivity contribution in [3.8, 4) is 5.75 Å². The normalized spacial score (nSPS) is 17.1. The van der Waals surface area contributed by atoms with Crippen LogP contribution in [-0.2, 0) is 6.42 Å². The van der Waals surface area contributed by atoms with Crippen LogP contribution in [0.1, 0.15) is 23.6 Å². The van der Waals surface area contributed by atoms with Gasteiger partial charge in [-0.05, 0) is 13.0 Å². The Kier molecular flexibility index (Phi) is 2.63. The van der Waals surface area contributed by atoms with Crippen LogP contribution in [0.15, 0.2) is 48.5 Å². The lowest BCUT2D eigenvalue weighted by Crippen LogP contribution is -2.07. The summed E-state index contributed by atoms with van der Waals surface area (Å²) in [7, 11) is 0. The molecule has 0 aromatic heterocycles. The van der Waals surface area contributed by atoms with Crippen LogP contribution in [0.4, 0.5) is 0 Å². The van der Waals surface area contributed by atoms with Crippen molar-refractivity contribution in [1.82, 2.24) is 0 Å². The van der Waals surface area contributed by atoms with Gasteiger partial charge in [-0.15, -0.1) is 0 Å². The largest absolute Gasteiger partial charge is 0.490 e. The molecule has 1 atom stereocenters. The molecule has 2 nitrogen and oxygen atoms in total. The van der Waals surface area contributed by atoms with Gasteiger partial charge >= 0.3 is 0 Å². The molecular weight excluding hydrogens is 222 g/mol. The molecule has 1 unspecified atom stereocenters. The fraction of sp³-hybridized carbons (Fsp3) is 0.188. The van der Waals surface area contributed by atoms with Crippen molar-refractivity contribution in [3.05, 3.63) is 65.2 Å². The monoisotopic (exact) mass is 237 g/mol. The van der Waals surface area contributed by atoms with Gasteiger partial charge in [0.05, 0.1) is 5.71 Å². The molecule has 2 aromatic rings. The summed E-state index contributed by atoms with van der Waals surface area (Å²) in [5.41, 5.74) is 3.68. The fourth-order valence-electron chi connectivity index (χ4n) is 2.43. The minimum atomic E-state index is 0.213. The highest BCUT2D eigenvalue weighted by Gasteiger charge is 2.23. The summed E-state index contributed by atoms with van der Waals surface area (Å²) in [5.74, 6) is 0.931. The van der Waals surface area contributed by atoms with Gasteiger partial charge in [-0.25, -0.2) is 0 Å². The Hall–Kier alpha value is -2.09. The van der Waals surface area contributed by atoms with Gasteiger partial charge in [0.2, 0.25) is 0 Å². The summed E-state index contributed by atoms with van der Waals surface area (Å²) >= 11 is 0. The second kappa shape index (κ2) is 4.30. The second-order valence-electron chi connectivity index (χ2n) is 4.66. The average Bonchev–Trinajstić information content (AvgIpc) is 2.79. The molecule has 2 heteroatoms. The van der Waals surface area contributed by atoms with Crippen molar-refractivity contribution in [2.75, 3.05) is 0 Å². The van der Waals surface area contributed by atoms with Gasteiger partial charge in [0.25, 0.3) is 0 Å². The molecule has 0 saturated heterocycles. The molecule has 3 rings (SSSR count). The Morgan fingerprint density at radius 3 is 2.67 bits per heavy atom. The van der Waals surface area contributed by atoms with Gasteiger partial charge in [0.15, 0.2) is 0 Å². The van der Waals surface area contributed by atoms with Crippen LogP contribution in [0.5, 0.6) is 5.75 Å². The summed E-state index contributed by atoms with van der Waals surface area (Å²) < 4.78 is 5.74. The Bertz CT molecular complexity index is 589. The summed E-state index contributed by atoms with van der Waals surface area (Å²) in [4.78, 5) is 0. The van der Waals surface area contributed by atoms with E-state index in [-0.39, 0.29) is 6.10 Å². The van der Waals surface area contributed by atoms with E-state index in [1.54, 1.807) is 0 Å². The predicted octanol–water partition coefficient (Wildman–Crippen LogP) is 3.43. The summed E-state index contributed by atoms with van der Waals surface area (Å²) in [6, 6.07) is 15.8. The van der Waals surface area contributed by atoms with E-state index in [2.05, 4.69) is 6.92 Å². The van der Waals surface area contributed by atoms with Crippen molar-refractivity contribution in [2.24, 2.45) is 0 Å². The number of benzene rings is 2. The number of ether oxygens (including phenoxy) is 1. The van der Waals surface area contributed by atoms with E-state index in [1.165, 1.54) is 5.56 Å². The molecule has 0 fully saturated rings. The number of rotatable bonds is 2. The molecule has 0 spiro atoms. The molecule has 18 heavy (non-hydrogen) atoms. The van der Waals surface area contributed by atoms with Gasteiger partial charge in [-0.3, -0.25) is 5.41 Å². The van der Waals surface area contributed by atoms with Gasteiger partial charge in [0.1, 0.15) is 11.9 Å². The van der Waals surface area contributed by atoms with Crippen LogP contribution < -0.4 is 4.74 Å². The Balaban J connectivity index is 2.04. The Morgan fingerprint density at radius 1 is 1.11 bits per heavy atom. The standard InChI is InChI=1S/C16H15NO/c1-11-10-14-13(8-5-9-15(14)18-11)16(17)12-6-3-2-4-7-12/h2-9,11,17H,10H2,1H3. The lowest BCUT2D eigenvalue weighted by molar-refractivity contribution is 0.254. The van der Waals surface area contributed by atoms with Gasteiger partial charge in [-0.1, -0.05) is 42.5 Å². The highest BCUT2D eigenvalue weighted by Crippen LogP contribution is 2.32. The Morgan fingerprint density at radius 2 is 1.89 bits per heavy atom. The van der Waals surface area contributed by atoms with E-state index in [4.69, 9.17) is 10.1 Å². The summed E-state index contributed by atoms with van der Waals surface area (Å²) in [6.07, 6.45) is 1.10. The van der Waals surface area contributed by atoms with E-state index >= 15 is 0 Å². The van der Waals surface area contributed by atoms with E-state index in [0.717, 1.165) is 23.3 Å². The SMILES string of the molecule is CC1Cc2c(cccc2C(=N)c2ccccc2)O1. The van der Waals surface area contributed by atoms with E-state index in [0.29, 0.717) is 5.71 Å². The molecule has 1 heterocycles. The lowest BCUT2D eigenvalue weighted by atomic mass is 9.95. The third kappa shape index (κ3) is 1.80. The van der Waals surface area contributed by atoms with Crippen molar-refractivity contribution >= 4 is 5.71 Å². The number of hydrogen-bond donors (Lipinski definition) is 1. The van der Waals surface area contributed by atoms with Gasteiger partial charge < -0.3 is 4.74 Å². The topological polar surface area (TPSA) is 33.1 Å². The smallest absolute Gasteiger partial charge is 0.123 e. The molecule has 0 amide bonds. The Labute approximate surface area is 107 Å². The van der Waals surface area contributed by atoms with Crippen molar-refractivity contribution in [3.63, 3.8) is 0 Å². The minimum Gasteiger partial charge on any atom is -0.490 e. The molecule has 90 valence electrons. The zero-order chi connectivity index (χ0) is 12.5. The molecular formula is C16H15NO. The molecule has 1 aliphatic heterocycles. The van der Waals surface area contributed by atoms with Crippen LogP contribution in [-0.4, -0.2) is 11.8 Å².